The molecule has 0 amide bonds. The van der Waals surface area contributed by atoms with Crippen LogP contribution in [0.1, 0.15) is 20.3 Å². The number of carbonyl (C=O) groups is 1. The molecule has 2 N–H and O–H groups in total. The fraction of sp³-hybridized carbons (Fsp3) is 0.533. The third-order valence-electron chi connectivity index (χ3n) is 3.57. The van der Waals surface area contributed by atoms with Crippen LogP contribution in [0.4, 0.5) is 5.69 Å². The molecule has 0 aromatic heterocycles. The monoisotopic (exact) mass is 326 g/mol. The van der Waals surface area contributed by atoms with Crippen LogP contribution in [0.15, 0.2) is 18.2 Å². The van der Waals surface area contributed by atoms with Crippen molar-refractivity contribution in [1.82, 2.24) is 5.32 Å². The minimum atomic E-state index is -0.922. The molecule has 0 saturated carbocycles. The molecular formula is C15H22N2O6. The van der Waals surface area contributed by atoms with Crippen LogP contribution < -0.4 is 14.8 Å². The minimum Gasteiger partial charge on any atom is -0.496 e. The number of nitrogens with one attached hydrogen (secondary N) is 1. The predicted octanol–water partition coefficient (Wildman–Crippen LogP) is 2.07. The van der Waals surface area contributed by atoms with Gasteiger partial charge in [-0.2, -0.15) is 0 Å². The van der Waals surface area contributed by atoms with E-state index >= 15 is 0 Å². The Kier molecular flexibility index (Phi) is 7.27. The maximum absolute atomic E-state index is 11.2. The number of rotatable bonds is 10. The molecule has 0 fully saturated rings. The van der Waals surface area contributed by atoms with E-state index < -0.39 is 16.9 Å². The van der Waals surface area contributed by atoms with E-state index in [0.717, 1.165) is 6.42 Å². The number of nitro benzene ring substituents is 1. The molecule has 8 heteroatoms. The molecule has 1 aromatic carbocycles. The zero-order valence-electron chi connectivity index (χ0n) is 13.4. The smallest absolute Gasteiger partial charge is 0.320 e. The van der Waals surface area contributed by atoms with E-state index in [1.54, 1.807) is 6.07 Å². The number of carboxylic acid groups (broad SMARTS) is 1. The Morgan fingerprint density at radius 1 is 1.48 bits per heavy atom. The van der Waals surface area contributed by atoms with E-state index in [0.29, 0.717) is 5.75 Å². The van der Waals surface area contributed by atoms with E-state index in [1.165, 1.54) is 19.2 Å². The Morgan fingerprint density at radius 2 is 2.17 bits per heavy atom. The second-order valence-corrected chi connectivity index (χ2v) is 5.09. The number of aliphatic carboxylic acids is 1. The first kappa shape index (κ1) is 18.7. The van der Waals surface area contributed by atoms with E-state index in [1.807, 2.05) is 13.8 Å². The number of ether oxygens (including phenoxy) is 2. The number of methoxy groups -OCH3 is 1. The molecule has 0 aliphatic rings. The summed E-state index contributed by atoms with van der Waals surface area (Å²) in [5.74, 6) is -0.462. The topological polar surface area (TPSA) is 111 Å². The maximum atomic E-state index is 11.2. The molecule has 8 nitrogen and oxygen atoms in total. The second kappa shape index (κ2) is 8.94. The summed E-state index contributed by atoms with van der Waals surface area (Å²) < 4.78 is 10.3. The fourth-order valence-electron chi connectivity index (χ4n) is 2.03. The first-order valence-corrected chi connectivity index (χ1v) is 7.32. The molecule has 2 atom stereocenters. The SMILES string of the molecule is CC[C@H](C)[C@H](NCCOc1ccc(OC)cc1[N+](=O)[O-])C(=O)O. The van der Waals surface area contributed by atoms with Gasteiger partial charge in [0.05, 0.1) is 18.1 Å². The van der Waals surface area contributed by atoms with Gasteiger partial charge in [-0.05, 0) is 18.1 Å². The summed E-state index contributed by atoms with van der Waals surface area (Å²) in [5, 5.41) is 23.1. The average Bonchev–Trinajstić information content (AvgIpc) is 2.53. The van der Waals surface area contributed by atoms with E-state index in [4.69, 9.17) is 14.6 Å². The molecule has 0 bridgehead atoms. The van der Waals surface area contributed by atoms with Crippen LogP contribution >= 0.6 is 0 Å². The van der Waals surface area contributed by atoms with Crippen molar-refractivity contribution in [1.29, 1.82) is 0 Å². The summed E-state index contributed by atoms with van der Waals surface area (Å²) >= 11 is 0. The molecule has 0 spiro atoms. The van der Waals surface area contributed by atoms with Gasteiger partial charge in [0.15, 0.2) is 5.75 Å². The Morgan fingerprint density at radius 3 is 2.70 bits per heavy atom. The lowest BCUT2D eigenvalue weighted by atomic mass is 9.99. The molecule has 1 rings (SSSR count). The van der Waals surface area contributed by atoms with Crippen molar-refractivity contribution in [2.75, 3.05) is 20.3 Å². The lowest BCUT2D eigenvalue weighted by Crippen LogP contribution is -2.43. The summed E-state index contributed by atoms with van der Waals surface area (Å²) in [6.45, 7) is 4.15. The highest BCUT2D eigenvalue weighted by atomic mass is 16.6. The summed E-state index contributed by atoms with van der Waals surface area (Å²) in [7, 11) is 1.42. The number of carboxylic acids is 1. The summed E-state index contributed by atoms with van der Waals surface area (Å²) in [6.07, 6.45) is 0.731. The van der Waals surface area contributed by atoms with Crippen LogP contribution in [0.3, 0.4) is 0 Å². The summed E-state index contributed by atoms with van der Waals surface area (Å²) in [5.41, 5.74) is -0.193. The summed E-state index contributed by atoms with van der Waals surface area (Å²) in [6, 6.07) is 3.63. The lowest BCUT2D eigenvalue weighted by molar-refractivity contribution is -0.385. The van der Waals surface area contributed by atoms with Gasteiger partial charge >= 0.3 is 11.7 Å². The first-order chi connectivity index (χ1) is 10.9. The molecular weight excluding hydrogens is 304 g/mol. The van der Waals surface area contributed by atoms with Gasteiger partial charge in [0.1, 0.15) is 18.4 Å². The highest BCUT2D eigenvalue weighted by molar-refractivity contribution is 5.73. The Bertz CT molecular complexity index is 549. The predicted molar refractivity (Wildman–Crippen MR) is 84.0 cm³/mol. The molecule has 0 aliphatic heterocycles. The van der Waals surface area contributed by atoms with Crippen LogP contribution in [0, 0.1) is 16.0 Å². The standard InChI is InChI=1S/C15H22N2O6/c1-4-10(2)14(15(18)19)16-7-8-23-13-6-5-11(22-3)9-12(13)17(20)21/h5-6,9-10,14,16H,4,7-8H2,1-3H3,(H,18,19)/t10-,14-/m0/s1. The number of hydrogen-bond acceptors (Lipinski definition) is 6. The van der Waals surface area contributed by atoms with Gasteiger partial charge in [-0.1, -0.05) is 20.3 Å². The molecule has 0 aliphatic carbocycles. The van der Waals surface area contributed by atoms with Gasteiger partial charge < -0.3 is 19.9 Å². The quantitative estimate of drug-likeness (QED) is 0.384. The zero-order valence-corrected chi connectivity index (χ0v) is 13.4. The zero-order chi connectivity index (χ0) is 17.4. The number of benzene rings is 1. The number of hydrogen-bond donors (Lipinski definition) is 2. The Labute approximate surface area is 134 Å². The minimum absolute atomic E-state index is 0.0252. The normalized spacial score (nSPS) is 13.2. The van der Waals surface area contributed by atoms with Crippen molar-refractivity contribution < 1.29 is 24.3 Å². The molecule has 0 heterocycles. The Balaban J connectivity index is 2.62. The largest absolute Gasteiger partial charge is 0.496 e. The first-order valence-electron chi connectivity index (χ1n) is 7.32. The van der Waals surface area contributed by atoms with Crippen LogP contribution in [-0.4, -0.2) is 42.3 Å². The molecule has 0 unspecified atom stereocenters. The van der Waals surface area contributed by atoms with Crippen LogP contribution in [-0.2, 0) is 4.79 Å². The molecule has 128 valence electrons. The van der Waals surface area contributed by atoms with Crippen molar-refractivity contribution in [3.63, 3.8) is 0 Å². The fourth-order valence-corrected chi connectivity index (χ4v) is 2.03. The van der Waals surface area contributed by atoms with E-state index in [9.17, 15) is 14.9 Å². The lowest BCUT2D eigenvalue weighted by Gasteiger charge is -2.20. The van der Waals surface area contributed by atoms with Crippen molar-refractivity contribution in [3.8, 4) is 11.5 Å². The van der Waals surface area contributed by atoms with Crippen molar-refractivity contribution in [3.05, 3.63) is 28.3 Å². The molecule has 0 radical (unpaired) electrons. The highest BCUT2D eigenvalue weighted by Gasteiger charge is 2.22. The second-order valence-electron chi connectivity index (χ2n) is 5.09. The van der Waals surface area contributed by atoms with Gasteiger partial charge in [-0.3, -0.25) is 14.9 Å². The van der Waals surface area contributed by atoms with E-state index in [-0.39, 0.29) is 30.5 Å². The summed E-state index contributed by atoms with van der Waals surface area (Å²) in [4.78, 5) is 21.6. The van der Waals surface area contributed by atoms with Gasteiger partial charge in [0, 0.05) is 6.54 Å². The van der Waals surface area contributed by atoms with Gasteiger partial charge in [-0.15, -0.1) is 0 Å². The highest BCUT2D eigenvalue weighted by Crippen LogP contribution is 2.30. The van der Waals surface area contributed by atoms with Crippen LogP contribution in [0.2, 0.25) is 0 Å². The third kappa shape index (κ3) is 5.41. The number of nitrogens with zero attached hydrogens (tertiary/aromatic N) is 1. The Hall–Kier alpha value is -2.35. The molecule has 0 saturated heterocycles. The average molecular weight is 326 g/mol. The maximum Gasteiger partial charge on any atom is 0.320 e. The van der Waals surface area contributed by atoms with Crippen molar-refractivity contribution >= 4 is 11.7 Å². The van der Waals surface area contributed by atoms with Gasteiger partial charge in [0.25, 0.3) is 0 Å². The van der Waals surface area contributed by atoms with Gasteiger partial charge in [-0.25, -0.2) is 0 Å². The van der Waals surface area contributed by atoms with Crippen molar-refractivity contribution in [2.45, 2.75) is 26.3 Å². The van der Waals surface area contributed by atoms with Crippen molar-refractivity contribution in [2.24, 2.45) is 5.92 Å². The third-order valence-corrected chi connectivity index (χ3v) is 3.57. The molecule has 23 heavy (non-hydrogen) atoms. The van der Waals surface area contributed by atoms with Gasteiger partial charge in [0.2, 0.25) is 0 Å². The van der Waals surface area contributed by atoms with E-state index in [2.05, 4.69) is 5.32 Å². The van der Waals surface area contributed by atoms with Crippen LogP contribution in [0.5, 0.6) is 11.5 Å². The number of nitro groups is 1. The van der Waals surface area contributed by atoms with Crippen LogP contribution in [0.25, 0.3) is 0 Å². The molecule has 1 aromatic rings.